The molecule has 2 aromatic carbocycles. The number of nitrogens with one attached hydrogen (secondary N) is 3. The predicted molar refractivity (Wildman–Crippen MR) is 96.2 cm³/mol. The summed E-state index contributed by atoms with van der Waals surface area (Å²) < 4.78 is 19.9. The molecule has 0 radical (unpaired) electrons. The molecule has 1 aliphatic carbocycles. The van der Waals surface area contributed by atoms with E-state index in [1.54, 1.807) is 12.3 Å². The molecule has 2 heterocycles. The molecule has 0 spiro atoms. The quantitative estimate of drug-likeness (QED) is 0.523. The van der Waals surface area contributed by atoms with E-state index < -0.39 is 0 Å². The number of anilines is 1. The Bertz CT molecular complexity index is 1200. The van der Waals surface area contributed by atoms with Gasteiger partial charge in [0, 0.05) is 11.3 Å². The number of hydrogen-bond donors (Lipinski definition) is 2. The molecule has 0 fully saturated rings. The van der Waals surface area contributed by atoms with Gasteiger partial charge in [0.15, 0.2) is 6.39 Å². The van der Waals surface area contributed by atoms with Crippen molar-refractivity contribution in [1.29, 1.82) is 5.26 Å². The summed E-state index contributed by atoms with van der Waals surface area (Å²) in [5.41, 5.74) is 4.56. The Hall–Kier alpha value is -3.06. The van der Waals surface area contributed by atoms with E-state index in [0.29, 0.717) is 16.9 Å². The van der Waals surface area contributed by atoms with E-state index in [-0.39, 0.29) is 30.7 Å². The summed E-state index contributed by atoms with van der Waals surface area (Å²) in [4.78, 5) is 3.96. The van der Waals surface area contributed by atoms with Crippen molar-refractivity contribution in [2.24, 2.45) is 0 Å². The maximum Gasteiger partial charge on any atom is 1.00 e. The summed E-state index contributed by atoms with van der Waals surface area (Å²) in [5.74, 6) is 0.317. The molecule has 2 aromatic heterocycles. The Kier molecular flexibility index (Phi) is 4.68. The van der Waals surface area contributed by atoms with Crippen LogP contribution in [0.3, 0.4) is 0 Å². The standard InChI is InChI=1S/C20H14FN5O.Li/c21-15-6-11(8-22)5-12-1-3-17(19(12)15)24-13-2-4-16-14(7-13)20(26-25-16)18-9-23-10-27-18;/h2,4-7,9-10,17,24H,1,3H2,(H,25,26);/q;+1/p+1/t17-;/m1./s1. The van der Waals surface area contributed by atoms with Crippen LogP contribution in [0.5, 0.6) is 0 Å². The first-order chi connectivity index (χ1) is 13.2. The first kappa shape index (κ1) is 18.3. The zero-order valence-corrected chi connectivity index (χ0v) is 15.2. The minimum atomic E-state index is -0.322. The van der Waals surface area contributed by atoms with Gasteiger partial charge in [-0.1, -0.05) is 0 Å². The fraction of sp³-hybridized carbons (Fsp3) is 0.150. The summed E-state index contributed by atoms with van der Waals surface area (Å²) in [7, 11) is 0. The molecule has 0 amide bonds. The van der Waals surface area contributed by atoms with Gasteiger partial charge in [0.25, 0.3) is 5.69 Å². The third-order valence-electron chi connectivity index (χ3n) is 5.03. The second kappa shape index (κ2) is 7.16. The number of benzene rings is 2. The fourth-order valence-corrected chi connectivity index (χ4v) is 3.81. The third kappa shape index (κ3) is 2.97. The number of aromatic amines is 2. The molecule has 0 saturated carbocycles. The first-order valence-corrected chi connectivity index (χ1v) is 8.64. The van der Waals surface area contributed by atoms with Crippen LogP contribution < -0.4 is 29.3 Å². The molecular weight excluding hydrogens is 352 g/mol. The Labute approximate surface area is 171 Å². The molecule has 132 valence electrons. The first-order valence-electron chi connectivity index (χ1n) is 8.64. The number of nitriles is 1. The number of aromatic nitrogens is 3. The zero-order chi connectivity index (χ0) is 18.4. The van der Waals surface area contributed by atoms with E-state index in [1.165, 1.54) is 12.5 Å². The van der Waals surface area contributed by atoms with Crippen LogP contribution in [0.1, 0.15) is 29.2 Å². The van der Waals surface area contributed by atoms with Gasteiger partial charge < -0.3 is 9.73 Å². The second-order valence-corrected chi connectivity index (χ2v) is 6.63. The Balaban J connectivity index is 0.00000192. The van der Waals surface area contributed by atoms with Gasteiger partial charge >= 0.3 is 18.9 Å². The smallest absolute Gasteiger partial charge is 0.437 e. The number of oxazole rings is 1. The summed E-state index contributed by atoms with van der Waals surface area (Å²) in [6, 6.07) is 10.9. The van der Waals surface area contributed by atoms with Crippen molar-refractivity contribution in [2.45, 2.75) is 18.9 Å². The van der Waals surface area contributed by atoms with Crippen molar-refractivity contribution in [2.75, 3.05) is 5.32 Å². The van der Waals surface area contributed by atoms with Gasteiger partial charge in [-0.3, -0.25) is 0 Å². The molecule has 6 nitrogen and oxygen atoms in total. The van der Waals surface area contributed by atoms with Crippen molar-refractivity contribution in [3.63, 3.8) is 0 Å². The van der Waals surface area contributed by atoms with Crippen LogP contribution in [0, 0.1) is 17.1 Å². The topological polar surface area (TPSA) is 91.8 Å². The van der Waals surface area contributed by atoms with E-state index in [1.807, 2.05) is 24.3 Å². The average Bonchev–Trinajstić information content (AvgIpc) is 3.40. The average molecular weight is 367 g/mol. The number of hydrogen-bond acceptors (Lipinski definition) is 4. The van der Waals surface area contributed by atoms with Crippen LogP contribution in [0.4, 0.5) is 10.1 Å². The predicted octanol–water partition coefficient (Wildman–Crippen LogP) is 0.751. The van der Waals surface area contributed by atoms with E-state index in [0.717, 1.165) is 40.7 Å². The second-order valence-electron chi connectivity index (χ2n) is 6.63. The number of aryl methyl sites for hydroxylation is 1. The van der Waals surface area contributed by atoms with Gasteiger partial charge in [0.2, 0.25) is 5.76 Å². The molecule has 28 heavy (non-hydrogen) atoms. The maximum atomic E-state index is 14.5. The molecule has 0 aliphatic heterocycles. The van der Waals surface area contributed by atoms with Gasteiger partial charge in [-0.25, -0.2) is 9.37 Å². The van der Waals surface area contributed by atoms with Crippen LogP contribution in [0.25, 0.3) is 22.4 Å². The fourth-order valence-electron chi connectivity index (χ4n) is 3.81. The Morgan fingerprint density at radius 1 is 1.32 bits per heavy atom. The molecule has 4 aromatic rings. The van der Waals surface area contributed by atoms with Crippen molar-refractivity contribution >= 4 is 16.6 Å². The van der Waals surface area contributed by atoms with Gasteiger partial charge in [-0.05, 0) is 48.7 Å². The molecule has 1 atom stereocenters. The van der Waals surface area contributed by atoms with Gasteiger partial charge in [-0.15, -0.1) is 5.10 Å². The SMILES string of the molecule is N#Cc1cc(F)c2c(c1)CC[C@H]2Nc1ccc2[nH][nH+]c(-c3cnco3)c2c1.[Li+]. The molecule has 3 N–H and O–H groups in total. The maximum absolute atomic E-state index is 14.5. The summed E-state index contributed by atoms with van der Waals surface area (Å²) in [6.45, 7) is 0. The molecule has 5 rings (SSSR count). The summed E-state index contributed by atoms with van der Waals surface area (Å²) in [5, 5.41) is 19.6. The molecular formula is C20H15FLiN5O+2. The van der Waals surface area contributed by atoms with Crippen molar-refractivity contribution in [3.8, 4) is 17.5 Å². The van der Waals surface area contributed by atoms with Gasteiger partial charge in [0.05, 0.1) is 29.3 Å². The normalized spacial score (nSPS) is 15.1. The summed E-state index contributed by atoms with van der Waals surface area (Å²) in [6.07, 6.45) is 4.57. The van der Waals surface area contributed by atoms with Crippen LogP contribution in [-0.4, -0.2) is 10.1 Å². The van der Waals surface area contributed by atoms with Gasteiger partial charge in [0.1, 0.15) is 11.3 Å². The van der Waals surface area contributed by atoms with E-state index >= 15 is 0 Å². The molecule has 8 heteroatoms. The Morgan fingerprint density at radius 3 is 3.00 bits per heavy atom. The molecule has 0 bridgehead atoms. The van der Waals surface area contributed by atoms with Crippen molar-refractivity contribution in [3.05, 3.63) is 65.4 Å². The van der Waals surface area contributed by atoms with Crippen LogP contribution >= 0.6 is 0 Å². The van der Waals surface area contributed by atoms with Crippen LogP contribution in [0.15, 0.2) is 47.3 Å². The third-order valence-corrected chi connectivity index (χ3v) is 5.03. The monoisotopic (exact) mass is 367 g/mol. The number of rotatable bonds is 3. The number of H-pyrrole nitrogens is 2. The van der Waals surface area contributed by atoms with Crippen molar-refractivity contribution < 1.29 is 32.8 Å². The Morgan fingerprint density at radius 2 is 2.21 bits per heavy atom. The molecule has 0 saturated heterocycles. The van der Waals surface area contributed by atoms with Crippen molar-refractivity contribution in [1.82, 2.24) is 10.1 Å². The minimum absolute atomic E-state index is 0. The van der Waals surface area contributed by atoms with Crippen LogP contribution in [-0.2, 0) is 6.42 Å². The van der Waals surface area contributed by atoms with E-state index in [2.05, 4.69) is 20.5 Å². The largest absolute Gasteiger partial charge is 1.00 e. The summed E-state index contributed by atoms with van der Waals surface area (Å²) >= 11 is 0. The minimum Gasteiger partial charge on any atom is -0.437 e. The number of fused-ring (bicyclic) bond motifs is 2. The van der Waals surface area contributed by atoms with Gasteiger partial charge in [-0.2, -0.15) is 10.4 Å². The zero-order valence-electron chi connectivity index (χ0n) is 15.2. The number of nitrogens with zero attached hydrogens (tertiary/aromatic N) is 2. The van der Waals surface area contributed by atoms with E-state index in [4.69, 9.17) is 9.68 Å². The van der Waals surface area contributed by atoms with E-state index in [9.17, 15) is 4.39 Å². The molecule has 0 unspecified atom stereocenters. The van der Waals surface area contributed by atoms with Crippen LogP contribution in [0.2, 0.25) is 0 Å². The molecule has 1 aliphatic rings. The number of halogens is 1.